The van der Waals surface area contributed by atoms with E-state index in [1.54, 1.807) is 0 Å². The molecule has 3 aromatic rings. The maximum atomic E-state index is 12.9. The Morgan fingerprint density at radius 3 is 2.28 bits per heavy atom. The molecule has 0 aliphatic carbocycles. The van der Waals surface area contributed by atoms with Crippen LogP contribution in [0.4, 0.5) is 6.01 Å². The van der Waals surface area contributed by atoms with Gasteiger partial charge in [-0.05, 0) is 62.6 Å². The van der Waals surface area contributed by atoms with Gasteiger partial charge in [-0.3, -0.25) is 10.1 Å². The summed E-state index contributed by atoms with van der Waals surface area (Å²) in [6, 6.07) is 11.7. The van der Waals surface area contributed by atoms with Crippen LogP contribution in [0.1, 0.15) is 48.2 Å². The van der Waals surface area contributed by atoms with Crippen LogP contribution in [-0.4, -0.2) is 41.9 Å². The van der Waals surface area contributed by atoms with Crippen molar-refractivity contribution in [2.45, 2.75) is 45.4 Å². The van der Waals surface area contributed by atoms with E-state index in [9.17, 15) is 13.2 Å². The quantitative estimate of drug-likeness (QED) is 0.511. The maximum Gasteiger partial charge on any atom is 0.322 e. The highest BCUT2D eigenvalue weighted by atomic mass is 32.2. The highest BCUT2D eigenvalue weighted by Crippen LogP contribution is 2.25. The molecule has 0 aliphatic heterocycles. The molecule has 0 saturated heterocycles. The van der Waals surface area contributed by atoms with E-state index in [4.69, 9.17) is 4.42 Å². The lowest BCUT2D eigenvalue weighted by Crippen LogP contribution is -2.32. The second kappa shape index (κ2) is 10.1. The average Bonchev–Trinajstić information content (AvgIpc) is 3.23. The molecule has 9 heteroatoms. The Labute approximate surface area is 188 Å². The van der Waals surface area contributed by atoms with Gasteiger partial charge >= 0.3 is 6.01 Å². The van der Waals surface area contributed by atoms with Crippen molar-refractivity contribution in [2.75, 3.05) is 18.4 Å². The van der Waals surface area contributed by atoms with Crippen LogP contribution in [0, 0.1) is 13.8 Å². The molecule has 3 rings (SSSR count). The summed E-state index contributed by atoms with van der Waals surface area (Å²) in [5.41, 5.74) is 3.12. The second-order valence-corrected chi connectivity index (χ2v) is 9.55. The summed E-state index contributed by atoms with van der Waals surface area (Å²) >= 11 is 0. The van der Waals surface area contributed by atoms with Crippen molar-refractivity contribution in [3.8, 4) is 11.5 Å². The van der Waals surface area contributed by atoms with Crippen molar-refractivity contribution in [1.29, 1.82) is 0 Å². The lowest BCUT2D eigenvalue weighted by atomic mass is 10.1. The number of amides is 1. The molecule has 0 spiro atoms. The Bertz CT molecular complexity index is 1180. The first kappa shape index (κ1) is 23.6. The summed E-state index contributed by atoms with van der Waals surface area (Å²) < 4.78 is 32.8. The average molecular weight is 457 g/mol. The van der Waals surface area contributed by atoms with Crippen molar-refractivity contribution in [1.82, 2.24) is 14.5 Å². The third kappa shape index (κ3) is 5.23. The van der Waals surface area contributed by atoms with Gasteiger partial charge in [0.15, 0.2) is 0 Å². The first-order chi connectivity index (χ1) is 15.3. The number of sulfonamides is 1. The van der Waals surface area contributed by atoms with Gasteiger partial charge in [-0.25, -0.2) is 8.42 Å². The number of benzene rings is 2. The molecule has 0 aliphatic rings. The molecule has 1 N–H and O–H groups in total. The molecular formula is C23H28N4O4S. The molecular weight excluding hydrogens is 428 g/mol. The SMILES string of the molecule is CCCN(CCC)S(=O)(=O)c1ccc(C(=O)Nc2nnc(-c3cc(C)ccc3C)o2)cc1. The molecule has 0 unspecified atom stereocenters. The molecule has 1 amide bonds. The number of nitrogens with one attached hydrogen (secondary N) is 1. The van der Waals surface area contributed by atoms with E-state index >= 15 is 0 Å². The molecule has 1 heterocycles. The molecule has 0 bridgehead atoms. The molecule has 170 valence electrons. The molecule has 32 heavy (non-hydrogen) atoms. The Balaban J connectivity index is 1.74. The summed E-state index contributed by atoms with van der Waals surface area (Å²) in [5, 5.41) is 10.5. The predicted octanol–water partition coefficient (Wildman–Crippen LogP) is 4.42. The number of carbonyl (C=O) groups is 1. The number of carbonyl (C=O) groups excluding carboxylic acids is 1. The van der Waals surface area contributed by atoms with Crippen LogP contribution in [0.25, 0.3) is 11.5 Å². The third-order valence-electron chi connectivity index (χ3n) is 4.97. The predicted molar refractivity (Wildman–Crippen MR) is 123 cm³/mol. The zero-order valence-electron chi connectivity index (χ0n) is 18.8. The van der Waals surface area contributed by atoms with Crippen LogP contribution in [0.5, 0.6) is 0 Å². The van der Waals surface area contributed by atoms with Crippen LogP contribution in [0.3, 0.4) is 0 Å². The van der Waals surface area contributed by atoms with E-state index in [1.807, 2.05) is 45.9 Å². The van der Waals surface area contributed by atoms with Crippen molar-refractivity contribution < 1.29 is 17.6 Å². The standard InChI is InChI=1S/C23H28N4O4S/c1-5-13-27(14-6-2)32(29,30)19-11-9-18(10-12-19)21(28)24-23-26-25-22(31-23)20-15-16(3)7-8-17(20)4/h7-12,15H,5-6,13-14H2,1-4H3,(H,24,26,28). The number of hydrogen-bond donors (Lipinski definition) is 1. The topological polar surface area (TPSA) is 105 Å². The summed E-state index contributed by atoms with van der Waals surface area (Å²) in [7, 11) is -3.60. The lowest BCUT2D eigenvalue weighted by molar-refractivity contribution is 0.102. The summed E-state index contributed by atoms with van der Waals surface area (Å²) in [6.07, 6.45) is 1.46. The summed E-state index contributed by atoms with van der Waals surface area (Å²) in [5.74, 6) is -0.154. The zero-order chi connectivity index (χ0) is 23.3. The van der Waals surface area contributed by atoms with Crippen LogP contribution in [0.2, 0.25) is 0 Å². The van der Waals surface area contributed by atoms with Gasteiger partial charge < -0.3 is 4.42 Å². The van der Waals surface area contributed by atoms with Gasteiger partial charge in [-0.1, -0.05) is 36.6 Å². The molecule has 0 radical (unpaired) electrons. The first-order valence-electron chi connectivity index (χ1n) is 10.6. The van der Waals surface area contributed by atoms with Gasteiger partial charge in [0.25, 0.3) is 5.91 Å². The van der Waals surface area contributed by atoms with E-state index in [1.165, 1.54) is 28.6 Å². The highest BCUT2D eigenvalue weighted by molar-refractivity contribution is 7.89. The fraction of sp³-hybridized carbons (Fsp3) is 0.348. The van der Waals surface area contributed by atoms with Gasteiger partial charge in [0.2, 0.25) is 15.9 Å². The van der Waals surface area contributed by atoms with Gasteiger partial charge in [-0.15, -0.1) is 5.10 Å². The molecule has 8 nitrogen and oxygen atoms in total. The maximum absolute atomic E-state index is 12.9. The lowest BCUT2D eigenvalue weighted by Gasteiger charge is -2.21. The number of nitrogens with zero attached hydrogens (tertiary/aromatic N) is 3. The zero-order valence-corrected chi connectivity index (χ0v) is 19.6. The second-order valence-electron chi connectivity index (χ2n) is 7.61. The highest BCUT2D eigenvalue weighted by Gasteiger charge is 2.23. The summed E-state index contributed by atoms with van der Waals surface area (Å²) in [4.78, 5) is 12.7. The minimum Gasteiger partial charge on any atom is -0.403 e. The van der Waals surface area contributed by atoms with E-state index in [0.717, 1.165) is 29.5 Å². The van der Waals surface area contributed by atoms with Gasteiger partial charge in [-0.2, -0.15) is 4.31 Å². The molecule has 0 atom stereocenters. The Kier molecular flexibility index (Phi) is 7.42. The van der Waals surface area contributed by atoms with Gasteiger partial charge in [0, 0.05) is 24.2 Å². The normalized spacial score (nSPS) is 11.7. The number of aromatic nitrogens is 2. The van der Waals surface area contributed by atoms with Crippen LogP contribution in [-0.2, 0) is 10.0 Å². The third-order valence-corrected chi connectivity index (χ3v) is 6.88. The number of rotatable bonds is 9. The van der Waals surface area contributed by atoms with Crippen molar-refractivity contribution in [3.05, 3.63) is 59.2 Å². The fourth-order valence-electron chi connectivity index (χ4n) is 3.30. The Morgan fingerprint density at radius 1 is 1.00 bits per heavy atom. The molecule has 0 fully saturated rings. The van der Waals surface area contributed by atoms with Crippen molar-refractivity contribution >= 4 is 21.9 Å². The van der Waals surface area contributed by atoms with E-state index in [0.29, 0.717) is 19.0 Å². The minimum atomic E-state index is -3.60. The molecule has 0 saturated carbocycles. The molecule has 2 aromatic carbocycles. The van der Waals surface area contributed by atoms with Gasteiger partial charge in [0.1, 0.15) is 0 Å². The van der Waals surface area contributed by atoms with Crippen LogP contribution >= 0.6 is 0 Å². The smallest absolute Gasteiger partial charge is 0.322 e. The Hall–Kier alpha value is -3.04. The van der Waals surface area contributed by atoms with Crippen LogP contribution in [0.15, 0.2) is 51.8 Å². The van der Waals surface area contributed by atoms with E-state index in [2.05, 4.69) is 15.5 Å². The number of hydrogen-bond acceptors (Lipinski definition) is 6. The number of aryl methyl sites for hydroxylation is 2. The van der Waals surface area contributed by atoms with Crippen molar-refractivity contribution in [2.24, 2.45) is 0 Å². The largest absolute Gasteiger partial charge is 0.403 e. The fourth-order valence-corrected chi connectivity index (χ4v) is 4.92. The first-order valence-corrected chi connectivity index (χ1v) is 12.0. The van der Waals surface area contributed by atoms with Crippen LogP contribution < -0.4 is 5.32 Å². The monoisotopic (exact) mass is 456 g/mol. The molecule has 1 aromatic heterocycles. The summed E-state index contributed by atoms with van der Waals surface area (Å²) in [6.45, 7) is 8.70. The van der Waals surface area contributed by atoms with Gasteiger partial charge in [0.05, 0.1) is 4.90 Å². The minimum absolute atomic E-state index is 0.0281. The van der Waals surface area contributed by atoms with E-state index < -0.39 is 15.9 Å². The van der Waals surface area contributed by atoms with Crippen molar-refractivity contribution in [3.63, 3.8) is 0 Å². The van der Waals surface area contributed by atoms with E-state index in [-0.39, 0.29) is 16.5 Å². The number of anilines is 1. The Morgan fingerprint density at radius 2 is 1.66 bits per heavy atom.